The normalized spacial score (nSPS) is 24.0. The molecule has 1 fully saturated rings. The highest BCUT2D eigenvalue weighted by Crippen LogP contribution is 2.24. The predicted octanol–water partition coefficient (Wildman–Crippen LogP) is 2.70. The zero-order chi connectivity index (χ0) is 13.9. The molecule has 0 amide bonds. The van der Waals surface area contributed by atoms with E-state index in [2.05, 4.69) is 15.0 Å². The number of nitrogens with one attached hydrogen (secondary N) is 1. The average Bonchev–Trinajstić information content (AvgIpc) is 2.33. The standard InChI is InChI=1S/C12H15F3N2O2/c13-12(14,15)19-10-5-6-11(16-7-10)17-8-1-3-9(18)4-2-8/h5-9,18H,1-4H2,(H,16,17). The molecule has 0 aromatic carbocycles. The number of hydrogen-bond donors (Lipinski definition) is 2. The molecule has 0 unspecified atom stereocenters. The van der Waals surface area contributed by atoms with Crippen LogP contribution in [0.1, 0.15) is 25.7 Å². The van der Waals surface area contributed by atoms with Crippen LogP contribution in [0.2, 0.25) is 0 Å². The Morgan fingerprint density at radius 2 is 1.89 bits per heavy atom. The molecular weight excluding hydrogens is 261 g/mol. The Hall–Kier alpha value is -1.50. The minimum absolute atomic E-state index is 0.199. The van der Waals surface area contributed by atoms with Crippen molar-refractivity contribution >= 4 is 5.82 Å². The van der Waals surface area contributed by atoms with Crippen LogP contribution in [0.25, 0.3) is 0 Å². The first kappa shape index (κ1) is 13.9. The Labute approximate surface area is 108 Å². The lowest BCUT2D eigenvalue weighted by Crippen LogP contribution is -2.28. The van der Waals surface area contributed by atoms with Crippen molar-refractivity contribution in [3.8, 4) is 5.75 Å². The van der Waals surface area contributed by atoms with E-state index in [-0.39, 0.29) is 17.9 Å². The summed E-state index contributed by atoms with van der Waals surface area (Å²) >= 11 is 0. The van der Waals surface area contributed by atoms with Crippen molar-refractivity contribution in [2.24, 2.45) is 0 Å². The summed E-state index contributed by atoms with van der Waals surface area (Å²) in [6, 6.07) is 2.87. The van der Waals surface area contributed by atoms with Gasteiger partial charge in [0.15, 0.2) is 0 Å². The van der Waals surface area contributed by atoms with Crippen LogP contribution in [0.5, 0.6) is 5.75 Å². The first-order valence-electron chi connectivity index (χ1n) is 6.09. The third-order valence-electron chi connectivity index (χ3n) is 3.02. The topological polar surface area (TPSA) is 54.4 Å². The molecule has 0 bridgehead atoms. The number of pyridine rings is 1. The molecule has 0 saturated heterocycles. The van der Waals surface area contributed by atoms with Gasteiger partial charge in [0.25, 0.3) is 0 Å². The molecule has 1 aliphatic carbocycles. The van der Waals surface area contributed by atoms with E-state index in [1.807, 2.05) is 0 Å². The zero-order valence-corrected chi connectivity index (χ0v) is 10.2. The first-order chi connectivity index (χ1) is 8.92. The molecule has 1 heterocycles. The lowest BCUT2D eigenvalue weighted by molar-refractivity contribution is -0.274. The van der Waals surface area contributed by atoms with Gasteiger partial charge in [0, 0.05) is 6.04 Å². The third-order valence-corrected chi connectivity index (χ3v) is 3.02. The van der Waals surface area contributed by atoms with E-state index < -0.39 is 6.36 Å². The summed E-state index contributed by atoms with van der Waals surface area (Å²) in [5.74, 6) is 0.174. The zero-order valence-electron chi connectivity index (χ0n) is 10.2. The maximum absolute atomic E-state index is 12.0. The Bertz CT molecular complexity index is 400. The summed E-state index contributed by atoms with van der Waals surface area (Å²) in [6.45, 7) is 0. The second-order valence-corrected chi connectivity index (χ2v) is 4.58. The average molecular weight is 276 g/mol. The van der Waals surface area contributed by atoms with Crippen molar-refractivity contribution in [3.05, 3.63) is 18.3 Å². The number of aromatic nitrogens is 1. The molecule has 7 heteroatoms. The molecule has 1 aromatic rings. The smallest absolute Gasteiger partial charge is 0.404 e. The lowest BCUT2D eigenvalue weighted by Gasteiger charge is -2.26. The highest BCUT2D eigenvalue weighted by Gasteiger charge is 2.31. The molecule has 1 saturated carbocycles. The van der Waals surface area contributed by atoms with Crippen LogP contribution in [0.4, 0.5) is 19.0 Å². The van der Waals surface area contributed by atoms with Crippen LogP contribution < -0.4 is 10.1 Å². The van der Waals surface area contributed by atoms with Gasteiger partial charge in [-0.2, -0.15) is 0 Å². The van der Waals surface area contributed by atoms with E-state index >= 15 is 0 Å². The molecule has 0 radical (unpaired) electrons. The van der Waals surface area contributed by atoms with Gasteiger partial charge in [0.1, 0.15) is 11.6 Å². The fraction of sp³-hybridized carbons (Fsp3) is 0.583. The Balaban J connectivity index is 1.88. The summed E-state index contributed by atoms with van der Waals surface area (Å²) < 4.78 is 39.6. The van der Waals surface area contributed by atoms with Gasteiger partial charge in [-0.1, -0.05) is 0 Å². The summed E-state index contributed by atoms with van der Waals surface area (Å²) in [6.07, 6.45) is -0.801. The van der Waals surface area contributed by atoms with Crippen LogP contribution >= 0.6 is 0 Å². The SMILES string of the molecule is OC1CCC(Nc2ccc(OC(F)(F)F)cn2)CC1. The molecule has 1 aliphatic rings. The van der Waals surface area contributed by atoms with E-state index in [0.29, 0.717) is 5.82 Å². The quantitative estimate of drug-likeness (QED) is 0.891. The van der Waals surface area contributed by atoms with Gasteiger partial charge < -0.3 is 15.2 Å². The number of aliphatic hydroxyl groups excluding tert-OH is 1. The lowest BCUT2D eigenvalue weighted by atomic mass is 9.93. The highest BCUT2D eigenvalue weighted by molar-refractivity contribution is 5.38. The first-order valence-corrected chi connectivity index (χ1v) is 6.09. The molecule has 1 aromatic heterocycles. The van der Waals surface area contributed by atoms with Crippen LogP contribution in [-0.4, -0.2) is 28.6 Å². The van der Waals surface area contributed by atoms with Crippen molar-refractivity contribution in [1.29, 1.82) is 0 Å². The van der Waals surface area contributed by atoms with Gasteiger partial charge in [-0.15, -0.1) is 13.2 Å². The van der Waals surface area contributed by atoms with Crippen molar-refractivity contribution in [3.63, 3.8) is 0 Å². The largest absolute Gasteiger partial charge is 0.573 e. The second-order valence-electron chi connectivity index (χ2n) is 4.58. The fourth-order valence-electron chi connectivity index (χ4n) is 2.09. The molecule has 19 heavy (non-hydrogen) atoms. The number of aliphatic hydroxyl groups is 1. The van der Waals surface area contributed by atoms with Gasteiger partial charge in [0.05, 0.1) is 12.3 Å². The molecule has 2 rings (SSSR count). The molecule has 2 N–H and O–H groups in total. The molecule has 106 valence electrons. The number of nitrogens with zero attached hydrogens (tertiary/aromatic N) is 1. The fourth-order valence-corrected chi connectivity index (χ4v) is 2.09. The Kier molecular flexibility index (Phi) is 4.14. The van der Waals surface area contributed by atoms with Crippen LogP contribution in [0.3, 0.4) is 0 Å². The molecule has 0 atom stereocenters. The Morgan fingerprint density at radius 3 is 2.42 bits per heavy atom. The second kappa shape index (κ2) is 5.64. The summed E-state index contributed by atoms with van der Waals surface area (Å²) in [7, 11) is 0. The molecule has 0 aliphatic heterocycles. The van der Waals surface area contributed by atoms with Crippen molar-refractivity contribution in [2.75, 3.05) is 5.32 Å². The number of anilines is 1. The number of alkyl halides is 3. The van der Waals surface area contributed by atoms with Gasteiger partial charge >= 0.3 is 6.36 Å². The molecule has 0 spiro atoms. The van der Waals surface area contributed by atoms with Gasteiger partial charge in [-0.25, -0.2) is 4.98 Å². The van der Waals surface area contributed by atoms with Crippen LogP contribution in [0.15, 0.2) is 18.3 Å². The minimum Gasteiger partial charge on any atom is -0.404 e. The number of hydrogen-bond acceptors (Lipinski definition) is 4. The van der Waals surface area contributed by atoms with E-state index in [4.69, 9.17) is 0 Å². The van der Waals surface area contributed by atoms with Gasteiger partial charge in [-0.05, 0) is 37.8 Å². The predicted molar refractivity (Wildman–Crippen MR) is 62.8 cm³/mol. The van der Waals surface area contributed by atoms with Crippen molar-refractivity contribution < 1.29 is 23.0 Å². The number of rotatable bonds is 3. The van der Waals surface area contributed by atoms with Crippen LogP contribution in [0, 0.1) is 0 Å². The number of ether oxygens (including phenoxy) is 1. The van der Waals surface area contributed by atoms with E-state index in [0.717, 1.165) is 31.9 Å². The highest BCUT2D eigenvalue weighted by atomic mass is 19.4. The van der Waals surface area contributed by atoms with E-state index in [1.54, 1.807) is 0 Å². The molecule has 4 nitrogen and oxygen atoms in total. The van der Waals surface area contributed by atoms with Crippen molar-refractivity contribution in [1.82, 2.24) is 4.98 Å². The van der Waals surface area contributed by atoms with E-state index in [9.17, 15) is 18.3 Å². The Morgan fingerprint density at radius 1 is 1.21 bits per heavy atom. The van der Waals surface area contributed by atoms with Gasteiger partial charge in [-0.3, -0.25) is 0 Å². The number of halogens is 3. The maximum atomic E-state index is 12.0. The van der Waals surface area contributed by atoms with E-state index in [1.165, 1.54) is 12.1 Å². The monoisotopic (exact) mass is 276 g/mol. The third kappa shape index (κ3) is 4.59. The minimum atomic E-state index is -4.70. The van der Waals surface area contributed by atoms with Crippen LogP contribution in [-0.2, 0) is 0 Å². The summed E-state index contributed by atoms with van der Waals surface area (Å²) in [5.41, 5.74) is 0. The summed E-state index contributed by atoms with van der Waals surface area (Å²) in [5, 5.41) is 12.5. The van der Waals surface area contributed by atoms with Crippen molar-refractivity contribution in [2.45, 2.75) is 44.2 Å². The van der Waals surface area contributed by atoms with Gasteiger partial charge in [0.2, 0.25) is 0 Å². The maximum Gasteiger partial charge on any atom is 0.573 e. The molecular formula is C12H15F3N2O2. The summed E-state index contributed by atoms with van der Waals surface area (Å²) in [4.78, 5) is 3.88.